The van der Waals surface area contributed by atoms with E-state index in [0.29, 0.717) is 17.6 Å². The van der Waals surface area contributed by atoms with Crippen molar-refractivity contribution < 1.29 is 4.79 Å². The van der Waals surface area contributed by atoms with E-state index >= 15 is 0 Å². The van der Waals surface area contributed by atoms with Crippen LogP contribution < -0.4 is 0 Å². The number of allylic oxidation sites excluding steroid dienone is 2. The van der Waals surface area contributed by atoms with E-state index in [1.165, 1.54) is 11.1 Å². The summed E-state index contributed by atoms with van der Waals surface area (Å²) in [6.45, 7) is 7.58. The van der Waals surface area contributed by atoms with Crippen LogP contribution in [0.4, 0.5) is 0 Å². The van der Waals surface area contributed by atoms with E-state index in [2.05, 4.69) is 56.0 Å². The molecule has 0 amide bonds. The summed E-state index contributed by atoms with van der Waals surface area (Å²) in [7, 11) is 4.07. The number of hydrogen-bond acceptors (Lipinski definition) is 2. The molecule has 1 aliphatic carbocycles. The number of rotatable bonds is 7. The van der Waals surface area contributed by atoms with Crippen LogP contribution in [-0.4, -0.2) is 31.3 Å². The summed E-state index contributed by atoms with van der Waals surface area (Å²) < 4.78 is 0. The highest BCUT2D eigenvalue weighted by Gasteiger charge is 2.28. The van der Waals surface area contributed by atoms with Gasteiger partial charge in [0, 0.05) is 12.5 Å². The van der Waals surface area contributed by atoms with Gasteiger partial charge >= 0.3 is 0 Å². The Morgan fingerprint density at radius 3 is 2.30 bits per heavy atom. The van der Waals surface area contributed by atoms with Crippen molar-refractivity contribution in [3.63, 3.8) is 0 Å². The number of nitrogens with zero attached hydrogens (tertiary/aromatic N) is 1. The third-order valence-corrected chi connectivity index (χ3v) is 4.64. The van der Waals surface area contributed by atoms with Crippen LogP contribution in [0, 0.1) is 11.8 Å². The van der Waals surface area contributed by atoms with Gasteiger partial charge in [-0.1, -0.05) is 51.1 Å². The first-order chi connectivity index (χ1) is 10.9. The van der Waals surface area contributed by atoms with Crippen LogP contribution in [0.1, 0.15) is 50.7 Å². The average molecular weight is 313 g/mol. The van der Waals surface area contributed by atoms with Gasteiger partial charge in [0.2, 0.25) is 0 Å². The van der Waals surface area contributed by atoms with E-state index in [-0.39, 0.29) is 5.92 Å². The molecule has 0 bridgehead atoms. The van der Waals surface area contributed by atoms with Gasteiger partial charge in [-0.15, -0.1) is 0 Å². The molecule has 126 valence electrons. The SMILES string of the molecule is CC(C)Cc1ccc([C@H](C)CC2=CC[C@@H](CN(C)C)C2=O)cc1. The number of hydrogen-bond donors (Lipinski definition) is 0. The molecule has 0 N–H and O–H groups in total. The van der Waals surface area contributed by atoms with Gasteiger partial charge in [0.15, 0.2) is 5.78 Å². The summed E-state index contributed by atoms with van der Waals surface area (Å²) in [5, 5.41) is 0. The Morgan fingerprint density at radius 1 is 1.09 bits per heavy atom. The zero-order valence-electron chi connectivity index (χ0n) is 15.3. The fourth-order valence-corrected chi connectivity index (χ4v) is 3.44. The van der Waals surface area contributed by atoms with Crippen LogP contribution in [0.3, 0.4) is 0 Å². The molecule has 1 aliphatic rings. The molecule has 2 nitrogen and oxygen atoms in total. The minimum Gasteiger partial charge on any atom is -0.309 e. The Labute approximate surface area is 141 Å². The maximum atomic E-state index is 12.5. The fraction of sp³-hybridized carbons (Fsp3) is 0.571. The molecule has 1 aromatic rings. The van der Waals surface area contributed by atoms with Gasteiger partial charge < -0.3 is 4.90 Å². The number of Topliss-reactive ketones (excluding diaryl/α,β-unsaturated/α-hetero) is 1. The van der Waals surface area contributed by atoms with E-state index < -0.39 is 0 Å². The van der Waals surface area contributed by atoms with Crippen molar-refractivity contribution in [3.8, 4) is 0 Å². The van der Waals surface area contributed by atoms with Crippen LogP contribution in [0.25, 0.3) is 0 Å². The summed E-state index contributed by atoms with van der Waals surface area (Å²) in [4.78, 5) is 14.6. The topological polar surface area (TPSA) is 20.3 Å². The summed E-state index contributed by atoms with van der Waals surface area (Å²) in [5.41, 5.74) is 3.77. The molecule has 1 aromatic carbocycles. The highest BCUT2D eigenvalue weighted by Crippen LogP contribution is 2.30. The van der Waals surface area contributed by atoms with Gasteiger partial charge in [-0.25, -0.2) is 0 Å². The second-order valence-corrected chi connectivity index (χ2v) is 7.73. The van der Waals surface area contributed by atoms with E-state index in [1.807, 2.05) is 14.1 Å². The molecule has 0 heterocycles. The van der Waals surface area contributed by atoms with Crippen molar-refractivity contribution >= 4 is 5.78 Å². The molecular formula is C21H31NO. The molecule has 0 unspecified atom stereocenters. The Bertz CT molecular complexity index is 554. The average Bonchev–Trinajstić information content (AvgIpc) is 2.80. The van der Waals surface area contributed by atoms with E-state index in [4.69, 9.17) is 0 Å². The van der Waals surface area contributed by atoms with Crippen LogP contribution in [-0.2, 0) is 11.2 Å². The molecule has 2 heteroatoms. The fourth-order valence-electron chi connectivity index (χ4n) is 3.44. The predicted octanol–water partition coefficient (Wildman–Crippen LogP) is 4.46. The van der Waals surface area contributed by atoms with Gasteiger partial charge in [-0.3, -0.25) is 4.79 Å². The van der Waals surface area contributed by atoms with Crippen molar-refractivity contribution in [1.82, 2.24) is 4.90 Å². The maximum Gasteiger partial charge on any atom is 0.163 e. The third-order valence-electron chi connectivity index (χ3n) is 4.64. The van der Waals surface area contributed by atoms with Gasteiger partial charge in [0.1, 0.15) is 0 Å². The molecular weight excluding hydrogens is 282 g/mol. The maximum absolute atomic E-state index is 12.5. The third kappa shape index (κ3) is 5.04. The monoisotopic (exact) mass is 313 g/mol. The molecule has 23 heavy (non-hydrogen) atoms. The standard InChI is InChI=1S/C21H31NO/c1-15(2)12-17-6-8-18(9-7-17)16(3)13-19-10-11-20(21(19)23)14-22(4)5/h6-10,15-16,20H,11-14H2,1-5H3/t16-,20+/m1/s1. The highest BCUT2D eigenvalue weighted by atomic mass is 16.1. The second kappa shape index (κ2) is 7.92. The normalized spacial score (nSPS) is 19.5. The lowest BCUT2D eigenvalue weighted by Gasteiger charge is -2.17. The van der Waals surface area contributed by atoms with Crippen molar-refractivity contribution in [3.05, 3.63) is 47.0 Å². The predicted molar refractivity (Wildman–Crippen MR) is 97.8 cm³/mol. The lowest BCUT2D eigenvalue weighted by Crippen LogP contribution is -2.25. The molecule has 0 aliphatic heterocycles. The molecule has 2 rings (SSSR count). The van der Waals surface area contributed by atoms with E-state index in [0.717, 1.165) is 31.4 Å². The van der Waals surface area contributed by atoms with Crippen molar-refractivity contribution in [1.29, 1.82) is 0 Å². The Kier molecular flexibility index (Phi) is 6.17. The second-order valence-electron chi connectivity index (χ2n) is 7.73. The van der Waals surface area contributed by atoms with Crippen LogP contribution >= 0.6 is 0 Å². The van der Waals surface area contributed by atoms with Gasteiger partial charge in [0.05, 0.1) is 0 Å². The van der Waals surface area contributed by atoms with Crippen molar-refractivity contribution in [2.45, 2.75) is 46.0 Å². The van der Waals surface area contributed by atoms with Crippen LogP contribution in [0.2, 0.25) is 0 Å². The first-order valence-corrected chi connectivity index (χ1v) is 8.83. The summed E-state index contributed by atoms with van der Waals surface area (Å²) in [6.07, 6.45) is 5.07. The first kappa shape index (κ1) is 17.9. The molecule has 0 spiro atoms. The number of carbonyl (C=O) groups excluding carboxylic acids is 1. The molecule has 0 fully saturated rings. The van der Waals surface area contributed by atoms with Crippen molar-refractivity contribution in [2.24, 2.45) is 11.8 Å². The van der Waals surface area contributed by atoms with Gasteiger partial charge in [-0.05, 0) is 61.9 Å². The summed E-state index contributed by atoms with van der Waals surface area (Å²) >= 11 is 0. The summed E-state index contributed by atoms with van der Waals surface area (Å²) in [6, 6.07) is 8.95. The Hall–Kier alpha value is -1.41. The Balaban J connectivity index is 1.94. The lowest BCUT2D eigenvalue weighted by molar-refractivity contribution is -0.118. The number of benzene rings is 1. The van der Waals surface area contributed by atoms with Gasteiger partial charge in [-0.2, -0.15) is 0 Å². The Morgan fingerprint density at radius 2 is 1.74 bits per heavy atom. The van der Waals surface area contributed by atoms with Gasteiger partial charge in [0.25, 0.3) is 0 Å². The zero-order valence-corrected chi connectivity index (χ0v) is 15.3. The van der Waals surface area contributed by atoms with Crippen molar-refractivity contribution in [2.75, 3.05) is 20.6 Å². The smallest absolute Gasteiger partial charge is 0.163 e. The molecule has 0 radical (unpaired) electrons. The van der Waals surface area contributed by atoms with E-state index in [9.17, 15) is 4.79 Å². The zero-order chi connectivity index (χ0) is 17.0. The lowest BCUT2D eigenvalue weighted by atomic mass is 9.90. The highest BCUT2D eigenvalue weighted by molar-refractivity contribution is 5.99. The quantitative estimate of drug-likeness (QED) is 0.741. The molecule has 0 aromatic heterocycles. The largest absolute Gasteiger partial charge is 0.309 e. The molecule has 0 saturated heterocycles. The minimum atomic E-state index is 0.167. The first-order valence-electron chi connectivity index (χ1n) is 8.83. The molecule has 0 saturated carbocycles. The summed E-state index contributed by atoms with van der Waals surface area (Å²) in [5.74, 6) is 1.62. The van der Waals surface area contributed by atoms with Crippen LogP contribution in [0.5, 0.6) is 0 Å². The number of carbonyl (C=O) groups is 1. The molecule has 2 atom stereocenters. The van der Waals surface area contributed by atoms with E-state index in [1.54, 1.807) is 0 Å². The van der Waals surface area contributed by atoms with Crippen LogP contribution in [0.15, 0.2) is 35.9 Å². The number of ketones is 1. The minimum absolute atomic E-state index is 0.167.